The van der Waals surface area contributed by atoms with Crippen molar-refractivity contribution in [1.82, 2.24) is 9.55 Å². The number of nitrogens with zero attached hydrogens (tertiary/aromatic N) is 6. The van der Waals surface area contributed by atoms with E-state index in [0.29, 0.717) is 6.54 Å². The minimum Gasteiger partial charge on any atom is -0.390 e. The first kappa shape index (κ1) is 13.5. The van der Waals surface area contributed by atoms with Crippen molar-refractivity contribution >= 4 is 5.95 Å². The van der Waals surface area contributed by atoms with E-state index in [1.54, 1.807) is 6.92 Å². The Hall–Kier alpha value is -2.52. The maximum absolute atomic E-state index is 10.2. The number of hydrogen-bond acceptors (Lipinski definition) is 4. The molecular formula is C8H10N6O2. The van der Waals surface area contributed by atoms with Crippen LogP contribution in [0.3, 0.4) is 0 Å². The van der Waals surface area contributed by atoms with Gasteiger partial charge in [-0.05, 0) is 10.5 Å². The Morgan fingerprint density at radius 1 is 1.88 bits per heavy atom. The van der Waals surface area contributed by atoms with Crippen LogP contribution in [0.15, 0.2) is 17.5 Å². The highest BCUT2D eigenvalue weighted by Crippen LogP contribution is 2.05. The molecule has 0 aliphatic rings. The van der Waals surface area contributed by atoms with Crippen LogP contribution in [0.4, 0.5) is 5.95 Å². The second-order valence-electron chi connectivity index (χ2n) is 2.36. The number of hydrogen-bond donors (Lipinski definition) is 0. The van der Waals surface area contributed by atoms with Crippen LogP contribution in [-0.4, -0.2) is 21.0 Å². The molecule has 8 heteroatoms. The van der Waals surface area contributed by atoms with Crippen LogP contribution >= 0.6 is 0 Å². The third-order valence-electron chi connectivity index (χ3n) is 1.32. The summed E-state index contributed by atoms with van der Waals surface area (Å²) in [5.74, 6) is 2.06. The lowest BCUT2D eigenvalue weighted by atomic mass is 10.6. The molecule has 0 amide bonds. The van der Waals surface area contributed by atoms with Crippen LogP contribution in [-0.2, 0) is 6.54 Å². The van der Waals surface area contributed by atoms with Gasteiger partial charge in [0.1, 0.15) is 18.9 Å². The van der Waals surface area contributed by atoms with Gasteiger partial charge < -0.3 is 10.1 Å². The molecule has 0 bridgehead atoms. The highest BCUT2D eigenvalue weighted by molar-refractivity contribution is 5.08. The third kappa shape index (κ3) is 4.64. The summed E-state index contributed by atoms with van der Waals surface area (Å²) in [5, 5.41) is 13.4. The van der Waals surface area contributed by atoms with E-state index in [-0.39, 0.29) is 12.5 Å². The average molecular weight is 222 g/mol. The van der Waals surface area contributed by atoms with E-state index in [1.165, 1.54) is 17.0 Å². The van der Waals surface area contributed by atoms with E-state index in [9.17, 15) is 10.1 Å². The maximum Gasteiger partial charge on any atom is 0.435 e. The number of nitro groups is 1. The molecule has 1 rings (SSSR count). The van der Waals surface area contributed by atoms with Crippen molar-refractivity contribution in [2.24, 2.45) is 5.11 Å². The Morgan fingerprint density at radius 3 is 2.94 bits per heavy atom. The topological polar surface area (TPSA) is 110 Å². The number of terminal acetylenes is 1. The normalized spacial score (nSPS) is 8.00. The van der Waals surface area contributed by atoms with Gasteiger partial charge >= 0.3 is 5.95 Å². The van der Waals surface area contributed by atoms with Gasteiger partial charge in [-0.15, -0.1) is 6.42 Å². The molecule has 0 saturated carbocycles. The number of rotatable bonds is 3. The number of imidazole rings is 1. The van der Waals surface area contributed by atoms with E-state index < -0.39 is 4.92 Å². The van der Waals surface area contributed by atoms with Crippen molar-refractivity contribution in [3.05, 3.63) is 33.0 Å². The summed E-state index contributed by atoms with van der Waals surface area (Å²) < 4.78 is 1.29. The van der Waals surface area contributed by atoms with Crippen molar-refractivity contribution < 1.29 is 4.92 Å². The predicted molar refractivity (Wildman–Crippen MR) is 57.4 cm³/mol. The first-order chi connectivity index (χ1) is 7.67. The van der Waals surface area contributed by atoms with Gasteiger partial charge in [-0.2, -0.15) is 0 Å². The highest BCUT2D eigenvalue weighted by atomic mass is 16.6. The Kier molecular flexibility index (Phi) is 6.61. The molecule has 0 fully saturated rings. The first-order valence-electron chi connectivity index (χ1n) is 4.27. The summed E-state index contributed by atoms with van der Waals surface area (Å²) in [6.45, 7) is 2.52. The van der Waals surface area contributed by atoms with E-state index in [0.717, 1.165) is 0 Å². The largest absolute Gasteiger partial charge is 0.435 e. The number of azide groups is 1. The zero-order valence-corrected chi connectivity index (χ0v) is 8.65. The van der Waals surface area contributed by atoms with Gasteiger partial charge in [-0.3, -0.25) is 0 Å². The smallest absolute Gasteiger partial charge is 0.390 e. The van der Waals surface area contributed by atoms with Gasteiger partial charge in [-0.1, -0.05) is 22.9 Å². The van der Waals surface area contributed by atoms with Crippen molar-refractivity contribution in [1.29, 1.82) is 0 Å². The zero-order chi connectivity index (χ0) is 12.4. The summed E-state index contributed by atoms with van der Waals surface area (Å²) in [6, 6.07) is 0. The fourth-order valence-corrected chi connectivity index (χ4v) is 0.758. The Balaban J connectivity index is 0.000000385. The lowest BCUT2D eigenvalue weighted by molar-refractivity contribution is -0.396. The molecule has 0 N–H and O–H groups in total. The third-order valence-corrected chi connectivity index (χ3v) is 1.32. The molecule has 0 saturated heterocycles. The molecular weight excluding hydrogens is 212 g/mol. The lowest BCUT2D eigenvalue weighted by Crippen LogP contribution is -2.01. The molecule has 8 nitrogen and oxygen atoms in total. The van der Waals surface area contributed by atoms with E-state index in [2.05, 4.69) is 20.9 Å². The molecule has 0 unspecified atom stereocenters. The summed E-state index contributed by atoms with van der Waals surface area (Å²) >= 11 is 0. The van der Waals surface area contributed by atoms with Crippen LogP contribution in [0.2, 0.25) is 0 Å². The van der Waals surface area contributed by atoms with Crippen LogP contribution < -0.4 is 0 Å². The van der Waals surface area contributed by atoms with Crippen LogP contribution in [0.25, 0.3) is 10.4 Å². The molecule has 1 heterocycles. The molecule has 0 atom stereocenters. The average Bonchev–Trinajstić information content (AvgIpc) is 2.69. The minimum absolute atomic E-state index is 0.177. The molecule has 0 radical (unpaired) electrons. The van der Waals surface area contributed by atoms with Gasteiger partial charge in [0.05, 0.1) is 0 Å². The van der Waals surface area contributed by atoms with Crippen LogP contribution in [0.1, 0.15) is 6.92 Å². The monoisotopic (exact) mass is 222 g/mol. The fraction of sp³-hybridized carbons (Fsp3) is 0.375. The summed E-state index contributed by atoms with van der Waals surface area (Å²) in [6.07, 6.45) is 7.78. The SMILES string of the molecule is C#CCn1ccnc1[N+](=O)[O-].CCN=[N+]=[N-]. The van der Waals surface area contributed by atoms with Gasteiger partial charge in [0.2, 0.25) is 0 Å². The molecule has 84 valence electrons. The summed E-state index contributed by atoms with van der Waals surface area (Å²) in [7, 11) is 0. The van der Waals surface area contributed by atoms with E-state index in [4.69, 9.17) is 12.0 Å². The highest BCUT2D eigenvalue weighted by Gasteiger charge is 2.11. The molecule has 0 aromatic carbocycles. The number of aromatic nitrogens is 2. The standard InChI is InChI=1S/C6H5N3O2.C2H5N3/c1-2-4-8-5-3-7-6(8)9(10)11;1-2-4-5-3/h1,3,5H,4H2;2H2,1H3. The lowest BCUT2D eigenvalue weighted by Gasteiger charge is -1.94. The molecule has 0 aliphatic heterocycles. The van der Waals surface area contributed by atoms with Gasteiger partial charge in [-0.25, -0.2) is 4.57 Å². The first-order valence-corrected chi connectivity index (χ1v) is 4.27. The van der Waals surface area contributed by atoms with Crippen molar-refractivity contribution in [2.45, 2.75) is 13.5 Å². The van der Waals surface area contributed by atoms with Gasteiger partial charge in [0.15, 0.2) is 0 Å². The quantitative estimate of drug-likeness (QED) is 0.194. The van der Waals surface area contributed by atoms with E-state index >= 15 is 0 Å². The second kappa shape index (κ2) is 7.84. The van der Waals surface area contributed by atoms with Crippen molar-refractivity contribution in [3.63, 3.8) is 0 Å². The summed E-state index contributed by atoms with van der Waals surface area (Å²) in [5.41, 5.74) is 7.52. The van der Waals surface area contributed by atoms with Gasteiger partial charge in [0.25, 0.3) is 0 Å². The Labute approximate surface area is 91.7 Å². The van der Waals surface area contributed by atoms with Crippen LogP contribution in [0, 0.1) is 22.5 Å². The molecule has 1 aromatic rings. The maximum atomic E-state index is 10.2. The Morgan fingerprint density at radius 2 is 2.56 bits per heavy atom. The van der Waals surface area contributed by atoms with Crippen molar-refractivity contribution in [2.75, 3.05) is 6.54 Å². The van der Waals surface area contributed by atoms with Gasteiger partial charge in [0, 0.05) is 11.5 Å². The molecule has 0 aliphatic carbocycles. The van der Waals surface area contributed by atoms with E-state index in [1.807, 2.05) is 0 Å². The minimum atomic E-state index is -0.572. The predicted octanol–water partition coefficient (Wildman–Crippen LogP) is 1.74. The second-order valence-corrected chi connectivity index (χ2v) is 2.36. The zero-order valence-electron chi connectivity index (χ0n) is 8.65. The fourth-order valence-electron chi connectivity index (χ4n) is 0.758. The van der Waals surface area contributed by atoms with Crippen LogP contribution in [0.5, 0.6) is 0 Å². The van der Waals surface area contributed by atoms with Crippen molar-refractivity contribution in [3.8, 4) is 12.3 Å². The summed E-state index contributed by atoms with van der Waals surface area (Å²) in [4.78, 5) is 15.6. The Bertz CT molecular complexity index is 426. The molecule has 0 spiro atoms. The molecule has 1 aromatic heterocycles. The molecule has 16 heavy (non-hydrogen) atoms.